The number of likely N-dealkylation sites (tertiary alicyclic amines) is 1. The topological polar surface area (TPSA) is 62.3 Å². The first-order valence-corrected chi connectivity index (χ1v) is 11.6. The van der Waals surface area contributed by atoms with Gasteiger partial charge in [-0.25, -0.2) is 4.79 Å². The van der Waals surface area contributed by atoms with Crippen molar-refractivity contribution in [2.75, 3.05) is 18.4 Å². The van der Waals surface area contributed by atoms with Gasteiger partial charge in [0, 0.05) is 47.1 Å². The van der Waals surface area contributed by atoms with E-state index in [9.17, 15) is 22.8 Å². The SMILES string of the molecule is O=C(c1ccccc1)c1cnc2c(C(F)(F)F)cccc2c1-c1cccc(NC(=O)N2CCCC2)c1. The van der Waals surface area contributed by atoms with Gasteiger partial charge in [-0.15, -0.1) is 0 Å². The van der Waals surface area contributed by atoms with Gasteiger partial charge < -0.3 is 10.2 Å². The Morgan fingerprint density at radius 2 is 1.61 bits per heavy atom. The van der Waals surface area contributed by atoms with Crippen LogP contribution in [0.1, 0.15) is 34.3 Å². The Bertz CT molecular complexity index is 1450. The first-order chi connectivity index (χ1) is 17.3. The number of nitrogens with one attached hydrogen (secondary N) is 1. The van der Waals surface area contributed by atoms with Gasteiger partial charge in [0.25, 0.3) is 0 Å². The molecule has 0 bridgehead atoms. The van der Waals surface area contributed by atoms with E-state index in [1.165, 1.54) is 18.3 Å². The van der Waals surface area contributed by atoms with E-state index in [-0.39, 0.29) is 28.3 Å². The third-order valence-corrected chi connectivity index (χ3v) is 6.28. The Kier molecular flexibility index (Phi) is 6.18. The zero-order valence-electron chi connectivity index (χ0n) is 19.2. The number of urea groups is 1. The van der Waals surface area contributed by atoms with Crippen LogP contribution in [-0.2, 0) is 6.18 Å². The molecule has 1 aliphatic rings. The maximum Gasteiger partial charge on any atom is 0.418 e. The monoisotopic (exact) mass is 489 g/mol. The molecule has 0 spiro atoms. The molecule has 5 nitrogen and oxygen atoms in total. The smallest absolute Gasteiger partial charge is 0.325 e. The van der Waals surface area contributed by atoms with Gasteiger partial charge in [-0.05, 0) is 36.6 Å². The fourth-order valence-electron chi connectivity index (χ4n) is 4.56. The molecule has 36 heavy (non-hydrogen) atoms. The van der Waals surface area contributed by atoms with Gasteiger partial charge in [0.05, 0.1) is 11.1 Å². The number of rotatable bonds is 4. The summed E-state index contributed by atoms with van der Waals surface area (Å²) in [5.41, 5.74) is 0.771. The lowest BCUT2D eigenvalue weighted by Crippen LogP contribution is -2.32. The number of alkyl halides is 3. The number of halogens is 3. The molecule has 3 aromatic carbocycles. The number of carbonyl (C=O) groups excluding carboxylic acids is 2. The van der Waals surface area contributed by atoms with E-state index in [0.29, 0.717) is 35.5 Å². The molecule has 1 aliphatic heterocycles. The number of aromatic nitrogens is 1. The van der Waals surface area contributed by atoms with E-state index in [1.54, 1.807) is 59.5 Å². The second kappa shape index (κ2) is 9.45. The minimum absolute atomic E-state index is 0.177. The quantitative estimate of drug-likeness (QED) is 0.322. The molecule has 2 amide bonds. The van der Waals surface area contributed by atoms with Gasteiger partial charge >= 0.3 is 12.2 Å². The maximum absolute atomic E-state index is 13.8. The van der Waals surface area contributed by atoms with Crippen molar-refractivity contribution in [1.82, 2.24) is 9.88 Å². The molecule has 5 rings (SSSR count). The summed E-state index contributed by atoms with van der Waals surface area (Å²) < 4.78 is 41.3. The zero-order valence-corrected chi connectivity index (χ0v) is 19.2. The second-order valence-electron chi connectivity index (χ2n) is 8.65. The van der Waals surface area contributed by atoms with Gasteiger partial charge in [-0.3, -0.25) is 9.78 Å². The van der Waals surface area contributed by atoms with Crippen LogP contribution in [0.2, 0.25) is 0 Å². The van der Waals surface area contributed by atoms with E-state index in [2.05, 4.69) is 10.3 Å². The van der Waals surface area contributed by atoms with Crippen molar-refractivity contribution >= 4 is 28.4 Å². The molecule has 8 heteroatoms. The largest absolute Gasteiger partial charge is 0.418 e. The lowest BCUT2D eigenvalue weighted by atomic mass is 9.91. The number of para-hydroxylation sites is 1. The molecule has 1 fully saturated rings. The number of ketones is 1. The molecule has 1 N–H and O–H groups in total. The number of pyridine rings is 1. The lowest BCUT2D eigenvalue weighted by Gasteiger charge is -2.18. The molecule has 182 valence electrons. The van der Waals surface area contributed by atoms with Crippen molar-refractivity contribution in [2.24, 2.45) is 0 Å². The average molecular weight is 489 g/mol. The van der Waals surface area contributed by atoms with Crippen LogP contribution in [0.3, 0.4) is 0 Å². The molecule has 0 unspecified atom stereocenters. The third kappa shape index (κ3) is 4.54. The fraction of sp³-hybridized carbons (Fsp3) is 0.179. The fourth-order valence-corrected chi connectivity index (χ4v) is 4.56. The number of hydrogen-bond donors (Lipinski definition) is 1. The molecule has 0 atom stereocenters. The van der Waals surface area contributed by atoms with Crippen LogP contribution in [-0.4, -0.2) is 34.8 Å². The van der Waals surface area contributed by atoms with E-state index >= 15 is 0 Å². The summed E-state index contributed by atoms with van der Waals surface area (Å²) >= 11 is 0. The molecule has 0 aliphatic carbocycles. The Hall–Kier alpha value is -4.20. The van der Waals surface area contributed by atoms with Gasteiger partial charge in [0.1, 0.15) is 0 Å². The minimum Gasteiger partial charge on any atom is -0.325 e. The van der Waals surface area contributed by atoms with E-state index in [0.717, 1.165) is 18.9 Å². The normalized spacial score (nSPS) is 13.7. The molecular formula is C28H22F3N3O2. The van der Waals surface area contributed by atoms with Crippen LogP contribution in [0.25, 0.3) is 22.0 Å². The summed E-state index contributed by atoms with van der Waals surface area (Å²) in [7, 11) is 0. The van der Waals surface area contributed by atoms with Crippen LogP contribution < -0.4 is 5.32 Å². The number of amides is 2. The highest BCUT2D eigenvalue weighted by molar-refractivity contribution is 6.17. The number of benzene rings is 3. The summed E-state index contributed by atoms with van der Waals surface area (Å²) in [5, 5.41) is 3.07. The Balaban J connectivity index is 1.67. The Morgan fingerprint density at radius 3 is 2.33 bits per heavy atom. The highest BCUT2D eigenvalue weighted by Gasteiger charge is 2.34. The lowest BCUT2D eigenvalue weighted by molar-refractivity contribution is -0.136. The number of anilines is 1. The first-order valence-electron chi connectivity index (χ1n) is 11.6. The molecule has 0 saturated carbocycles. The molecule has 0 radical (unpaired) electrons. The highest BCUT2D eigenvalue weighted by atomic mass is 19.4. The van der Waals surface area contributed by atoms with Crippen molar-refractivity contribution in [3.8, 4) is 11.1 Å². The van der Waals surface area contributed by atoms with Gasteiger partial charge in [0.2, 0.25) is 0 Å². The minimum atomic E-state index is -4.61. The number of fused-ring (bicyclic) bond motifs is 1. The predicted molar refractivity (Wildman–Crippen MR) is 132 cm³/mol. The molecule has 1 saturated heterocycles. The van der Waals surface area contributed by atoms with E-state index in [1.807, 2.05) is 0 Å². The molecule has 4 aromatic rings. The van der Waals surface area contributed by atoms with Crippen LogP contribution in [0.15, 0.2) is 79.0 Å². The van der Waals surface area contributed by atoms with Gasteiger partial charge in [-0.1, -0.05) is 54.6 Å². The van der Waals surface area contributed by atoms with E-state index in [4.69, 9.17) is 0 Å². The van der Waals surface area contributed by atoms with Gasteiger partial charge in [-0.2, -0.15) is 13.2 Å². The van der Waals surface area contributed by atoms with Crippen LogP contribution in [0, 0.1) is 0 Å². The van der Waals surface area contributed by atoms with Crippen molar-refractivity contribution in [3.63, 3.8) is 0 Å². The van der Waals surface area contributed by atoms with Crippen molar-refractivity contribution in [2.45, 2.75) is 19.0 Å². The predicted octanol–water partition coefficient (Wildman–Crippen LogP) is 6.78. The number of carbonyl (C=O) groups is 2. The molecule has 1 aromatic heterocycles. The standard InChI is InChI=1S/C28H22F3N3O2/c29-28(30,31)23-13-7-12-21-24(22(17-32-25(21)23)26(35)18-8-2-1-3-9-18)19-10-6-11-20(16-19)33-27(36)34-14-4-5-15-34/h1-3,6-13,16-17H,4-5,14-15H2,(H,33,36). The van der Waals surface area contributed by atoms with Crippen molar-refractivity contribution in [1.29, 1.82) is 0 Å². The van der Waals surface area contributed by atoms with Gasteiger partial charge in [0.15, 0.2) is 5.78 Å². The summed E-state index contributed by atoms with van der Waals surface area (Å²) in [5.74, 6) is -0.357. The summed E-state index contributed by atoms with van der Waals surface area (Å²) in [4.78, 5) is 31.9. The van der Waals surface area contributed by atoms with Crippen LogP contribution in [0.5, 0.6) is 0 Å². The number of nitrogens with zero attached hydrogens (tertiary/aromatic N) is 2. The second-order valence-corrected chi connectivity index (χ2v) is 8.65. The highest BCUT2D eigenvalue weighted by Crippen LogP contribution is 2.39. The van der Waals surface area contributed by atoms with Crippen molar-refractivity contribution in [3.05, 3.63) is 95.7 Å². The van der Waals surface area contributed by atoms with E-state index < -0.39 is 11.7 Å². The molecule has 2 heterocycles. The summed E-state index contributed by atoms with van der Waals surface area (Å²) in [6.07, 6.45) is -1.51. The molecular weight excluding hydrogens is 467 g/mol. The Labute approximate surface area is 205 Å². The van der Waals surface area contributed by atoms with Crippen molar-refractivity contribution < 1.29 is 22.8 Å². The first kappa shape index (κ1) is 23.5. The maximum atomic E-state index is 13.8. The average Bonchev–Trinajstić information content (AvgIpc) is 3.43. The van der Waals surface area contributed by atoms with Crippen LogP contribution >= 0.6 is 0 Å². The number of hydrogen-bond acceptors (Lipinski definition) is 3. The summed E-state index contributed by atoms with van der Waals surface area (Å²) in [6.45, 7) is 1.35. The zero-order chi connectivity index (χ0) is 25.3. The third-order valence-electron chi connectivity index (χ3n) is 6.28. The summed E-state index contributed by atoms with van der Waals surface area (Å²) in [6, 6.07) is 18.9. The van der Waals surface area contributed by atoms with Crippen LogP contribution in [0.4, 0.5) is 23.7 Å². The Morgan fingerprint density at radius 1 is 0.889 bits per heavy atom.